The monoisotopic (exact) mass is 283 g/mol. The van der Waals surface area contributed by atoms with Crippen molar-refractivity contribution in [1.29, 1.82) is 0 Å². The summed E-state index contributed by atoms with van der Waals surface area (Å²) in [5.41, 5.74) is 1.05. The Morgan fingerprint density at radius 2 is 2.15 bits per heavy atom. The van der Waals surface area contributed by atoms with E-state index < -0.39 is 24.9 Å². The molecule has 1 atom stereocenters. The van der Waals surface area contributed by atoms with Gasteiger partial charge in [0.2, 0.25) is 5.91 Å². The number of carbonyl (C=O) groups is 1. The zero-order valence-electron chi connectivity index (χ0n) is 11.4. The third-order valence-corrected chi connectivity index (χ3v) is 3.37. The van der Waals surface area contributed by atoms with E-state index in [-0.39, 0.29) is 5.91 Å². The maximum Gasteiger partial charge on any atom is 0.262 e. The highest BCUT2D eigenvalue weighted by molar-refractivity contribution is 5.82. The molecule has 2 rings (SSSR count). The molecule has 0 aliphatic carbocycles. The van der Waals surface area contributed by atoms with Crippen molar-refractivity contribution >= 4 is 11.6 Å². The molecule has 1 aromatic rings. The number of halogens is 2. The minimum atomic E-state index is -2.77. The molecular formula is C14H19F2N3O. The van der Waals surface area contributed by atoms with E-state index in [1.807, 2.05) is 42.3 Å². The molecule has 0 saturated carbocycles. The Bertz CT molecular complexity index is 453. The third-order valence-electron chi connectivity index (χ3n) is 3.37. The van der Waals surface area contributed by atoms with Crippen LogP contribution in [0.25, 0.3) is 0 Å². The second-order valence-electron chi connectivity index (χ2n) is 5.04. The summed E-state index contributed by atoms with van der Waals surface area (Å²) in [4.78, 5) is 13.7. The quantitative estimate of drug-likeness (QED) is 0.854. The first kappa shape index (κ1) is 14.7. The molecule has 20 heavy (non-hydrogen) atoms. The molecule has 0 radical (unpaired) electrons. The van der Waals surface area contributed by atoms with Crippen LogP contribution >= 0.6 is 0 Å². The van der Waals surface area contributed by atoms with Crippen LogP contribution in [0.2, 0.25) is 0 Å². The second-order valence-corrected chi connectivity index (χ2v) is 5.04. The number of para-hydroxylation sites is 1. The van der Waals surface area contributed by atoms with Gasteiger partial charge in [-0.25, -0.2) is 8.78 Å². The molecule has 1 amide bonds. The van der Waals surface area contributed by atoms with E-state index in [2.05, 4.69) is 10.6 Å². The first-order valence-corrected chi connectivity index (χ1v) is 6.63. The molecule has 1 heterocycles. The largest absolute Gasteiger partial charge is 0.373 e. The smallest absolute Gasteiger partial charge is 0.262 e. The van der Waals surface area contributed by atoms with Crippen LogP contribution in [0.5, 0.6) is 0 Å². The number of hydrogen-bond acceptors (Lipinski definition) is 3. The highest BCUT2D eigenvalue weighted by atomic mass is 19.3. The van der Waals surface area contributed by atoms with Gasteiger partial charge in [-0.15, -0.1) is 0 Å². The van der Waals surface area contributed by atoms with Crippen molar-refractivity contribution < 1.29 is 13.6 Å². The fourth-order valence-electron chi connectivity index (χ4n) is 2.18. The number of amides is 1. The fraction of sp³-hybridized carbons (Fsp3) is 0.500. The minimum absolute atomic E-state index is 0.358. The van der Waals surface area contributed by atoms with Crippen LogP contribution in [0.1, 0.15) is 6.42 Å². The van der Waals surface area contributed by atoms with Crippen molar-refractivity contribution in [1.82, 2.24) is 10.6 Å². The average molecular weight is 283 g/mol. The van der Waals surface area contributed by atoms with Crippen molar-refractivity contribution in [3.05, 3.63) is 30.3 Å². The van der Waals surface area contributed by atoms with E-state index in [0.717, 1.165) is 5.69 Å². The Morgan fingerprint density at radius 3 is 2.75 bits per heavy atom. The van der Waals surface area contributed by atoms with E-state index in [1.54, 1.807) is 0 Å². The van der Waals surface area contributed by atoms with E-state index in [1.165, 1.54) is 0 Å². The van der Waals surface area contributed by atoms with Crippen molar-refractivity contribution in [2.75, 3.05) is 31.6 Å². The van der Waals surface area contributed by atoms with E-state index in [9.17, 15) is 13.6 Å². The number of carbonyl (C=O) groups excluding carboxylic acids is 1. The lowest BCUT2D eigenvalue weighted by atomic mass is 10.2. The normalized spacial score (nSPS) is 20.6. The van der Waals surface area contributed by atoms with Gasteiger partial charge in [-0.3, -0.25) is 10.1 Å². The number of anilines is 1. The lowest BCUT2D eigenvalue weighted by Gasteiger charge is -2.20. The average Bonchev–Trinajstić information content (AvgIpc) is 2.80. The van der Waals surface area contributed by atoms with Crippen molar-refractivity contribution in [2.24, 2.45) is 0 Å². The van der Waals surface area contributed by atoms with Gasteiger partial charge in [0.15, 0.2) is 0 Å². The van der Waals surface area contributed by atoms with Gasteiger partial charge >= 0.3 is 0 Å². The molecular weight excluding hydrogens is 264 g/mol. The summed E-state index contributed by atoms with van der Waals surface area (Å²) in [6, 6.07) is 8.98. The Morgan fingerprint density at radius 1 is 1.45 bits per heavy atom. The Kier molecular flexibility index (Phi) is 4.54. The van der Waals surface area contributed by atoms with Crippen LogP contribution < -0.4 is 15.5 Å². The Balaban J connectivity index is 1.72. The van der Waals surface area contributed by atoms with Gasteiger partial charge in [-0.2, -0.15) is 0 Å². The molecule has 4 nitrogen and oxygen atoms in total. The predicted octanol–water partition coefficient (Wildman–Crippen LogP) is 1.24. The molecule has 1 aliphatic rings. The molecule has 1 aliphatic heterocycles. The summed E-state index contributed by atoms with van der Waals surface area (Å²) in [7, 11) is 1.92. The summed E-state index contributed by atoms with van der Waals surface area (Å²) >= 11 is 0. The molecule has 0 aromatic heterocycles. The van der Waals surface area contributed by atoms with Gasteiger partial charge in [0.25, 0.3) is 5.92 Å². The second kappa shape index (κ2) is 6.17. The summed E-state index contributed by atoms with van der Waals surface area (Å²) in [6.45, 7) is 0.627. The highest BCUT2D eigenvalue weighted by Gasteiger charge is 2.42. The maximum atomic E-state index is 13.0. The Labute approximate surface area is 117 Å². The van der Waals surface area contributed by atoms with E-state index in [4.69, 9.17) is 0 Å². The summed E-state index contributed by atoms with van der Waals surface area (Å²) in [6.07, 6.45) is -0.423. The molecule has 0 bridgehead atoms. The van der Waals surface area contributed by atoms with E-state index >= 15 is 0 Å². The molecule has 0 spiro atoms. The van der Waals surface area contributed by atoms with Crippen molar-refractivity contribution in [3.63, 3.8) is 0 Å². The van der Waals surface area contributed by atoms with Crippen LogP contribution in [0, 0.1) is 0 Å². The minimum Gasteiger partial charge on any atom is -0.373 e. The summed E-state index contributed by atoms with van der Waals surface area (Å²) < 4.78 is 26.0. The van der Waals surface area contributed by atoms with Crippen LogP contribution in [-0.4, -0.2) is 44.6 Å². The predicted molar refractivity (Wildman–Crippen MR) is 74.1 cm³/mol. The number of nitrogens with one attached hydrogen (secondary N) is 2. The van der Waals surface area contributed by atoms with Gasteiger partial charge in [0.05, 0.1) is 12.6 Å². The number of rotatable bonds is 5. The number of likely N-dealkylation sites (N-methyl/N-ethyl adjacent to an activating group) is 1. The Hall–Kier alpha value is -1.69. The first-order valence-electron chi connectivity index (χ1n) is 6.63. The highest BCUT2D eigenvalue weighted by Crippen LogP contribution is 2.24. The molecule has 110 valence electrons. The molecule has 1 fully saturated rings. The number of benzene rings is 1. The summed E-state index contributed by atoms with van der Waals surface area (Å²) in [5, 5.41) is 5.23. The van der Waals surface area contributed by atoms with Crippen LogP contribution in [0.4, 0.5) is 14.5 Å². The van der Waals surface area contributed by atoms with Gasteiger partial charge in [0.1, 0.15) is 0 Å². The van der Waals surface area contributed by atoms with Crippen LogP contribution in [0.3, 0.4) is 0 Å². The molecule has 2 N–H and O–H groups in total. The van der Waals surface area contributed by atoms with Crippen molar-refractivity contribution in [3.8, 4) is 0 Å². The number of hydrogen-bond donors (Lipinski definition) is 2. The molecule has 1 saturated heterocycles. The van der Waals surface area contributed by atoms with Crippen molar-refractivity contribution in [2.45, 2.75) is 18.4 Å². The topological polar surface area (TPSA) is 44.4 Å². The zero-order valence-corrected chi connectivity index (χ0v) is 11.4. The molecule has 1 unspecified atom stereocenters. The number of nitrogens with zero attached hydrogens (tertiary/aromatic N) is 1. The van der Waals surface area contributed by atoms with Gasteiger partial charge in [0, 0.05) is 32.2 Å². The van der Waals surface area contributed by atoms with Gasteiger partial charge < -0.3 is 10.2 Å². The SMILES string of the molecule is CN(CCNC(=O)C1CC(F)(F)CN1)c1ccccc1. The number of alkyl halides is 2. The lowest BCUT2D eigenvalue weighted by Crippen LogP contribution is -2.43. The standard InChI is InChI=1S/C14H19F2N3O/c1-19(11-5-3-2-4-6-11)8-7-17-13(20)12-9-14(15,16)10-18-12/h2-6,12,18H,7-10H2,1H3,(H,17,20). The third kappa shape index (κ3) is 3.90. The molecule has 6 heteroatoms. The first-order chi connectivity index (χ1) is 9.48. The van der Waals surface area contributed by atoms with Gasteiger partial charge in [-0.05, 0) is 12.1 Å². The van der Waals surface area contributed by atoms with Crippen LogP contribution in [0.15, 0.2) is 30.3 Å². The van der Waals surface area contributed by atoms with Crippen LogP contribution in [-0.2, 0) is 4.79 Å². The zero-order chi connectivity index (χ0) is 14.6. The molecule has 1 aromatic carbocycles. The van der Waals surface area contributed by atoms with Gasteiger partial charge in [-0.1, -0.05) is 18.2 Å². The lowest BCUT2D eigenvalue weighted by molar-refractivity contribution is -0.123. The summed E-state index contributed by atoms with van der Waals surface area (Å²) in [5.74, 6) is -3.13. The van der Waals surface area contributed by atoms with E-state index in [0.29, 0.717) is 13.1 Å². The maximum absolute atomic E-state index is 13.0. The fourth-order valence-corrected chi connectivity index (χ4v) is 2.18.